The normalized spacial score (nSPS) is 16.2. The van der Waals surface area contributed by atoms with Crippen molar-refractivity contribution in [2.24, 2.45) is 11.3 Å². The summed E-state index contributed by atoms with van der Waals surface area (Å²) < 4.78 is 12.2. The molecule has 0 aliphatic heterocycles. The van der Waals surface area contributed by atoms with Crippen LogP contribution in [-0.4, -0.2) is 28.5 Å². The van der Waals surface area contributed by atoms with Crippen molar-refractivity contribution in [1.29, 1.82) is 0 Å². The molecule has 0 aliphatic rings. The molecule has 17 heavy (non-hydrogen) atoms. The van der Waals surface area contributed by atoms with E-state index in [-0.39, 0.29) is 5.41 Å². The van der Waals surface area contributed by atoms with Crippen molar-refractivity contribution < 1.29 is 8.85 Å². The highest BCUT2D eigenvalue weighted by molar-refractivity contribution is 6.64. The molecule has 0 aliphatic carbocycles. The lowest BCUT2D eigenvalue weighted by atomic mass is 9.99. The van der Waals surface area contributed by atoms with Crippen LogP contribution in [0.2, 0.25) is 6.04 Å². The van der Waals surface area contributed by atoms with E-state index in [0.717, 1.165) is 25.8 Å². The maximum Gasteiger partial charge on any atom is 0.425 e. The molecule has 0 aromatic heterocycles. The largest absolute Gasteiger partial charge is 0.425 e. The van der Waals surface area contributed by atoms with Crippen LogP contribution in [0, 0.1) is 11.3 Å². The smallest absolute Gasteiger partial charge is 0.383 e. The highest BCUT2D eigenvalue weighted by atomic mass is 28.4. The summed E-state index contributed by atoms with van der Waals surface area (Å²) in [6.07, 6.45) is 0. The van der Waals surface area contributed by atoms with Crippen molar-refractivity contribution in [3.63, 3.8) is 0 Å². The second-order valence-electron chi connectivity index (χ2n) is 6.16. The summed E-state index contributed by atoms with van der Waals surface area (Å²) in [4.78, 5) is 3.50. The average Bonchev–Trinajstić information content (AvgIpc) is 2.13. The Hall–Kier alpha value is 0.0969. The van der Waals surface area contributed by atoms with Gasteiger partial charge in [-0.2, -0.15) is 0 Å². The minimum atomic E-state index is -2.22. The fourth-order valence-corrected chi connectivity index (χ4v) is 5.12. The Labute approximate surface area is 109 Å². The zero-order valence-electron chi connectivity index (χ0n) is 12.7. The summed E-state index contributed by atoms with van der Waals surface area (Å²) in [6.45, 7) is 17.6. The van der Waals surface area contributed by atoms with E-state index in [4.69, 9.17) is 8.85 Å². The average molecular weight is 261 g/mol. The fraction of sp³-hybridized carbons (Fsp3) is 1.00. The lowest BCUT2D eigenvalue weighted by molar-refractivity contribution is 0.113. The predicted octanol–water partition coefficient (Wildman–Crippen LogP) is 3.29. The number of rotatable bonds is 8. The van der Waals surface area contributed by atoms with Crippen LogP contribution in [0.5, 0.6) is 0 Å². The molecule has 0 aromatic rings. The molecule has 1 N–H and O–H groups in total. The highest BCUT2D eigenvalue weighted by Gasteiger charge is 2.39. The Kier molecular flexibility index (Phi) is 7.56. The zero-order valence-corrected chi connectivity index (χ0v) is 13.7. The molecule has 0 amide bonds. The van der Waals surface area contributed by atoms with Crippen LogP contribution in [0.4, 0.5) is 0 Å². The molecule has 1 unspecified atom stereocenters. The van der Waals surface area contributed by atoms with Crippen molar-refractivity contribution in [2.45, 2.75) is 54.5 Å². The van der Waals surface area contributed by atoms with Crippen LogP contribution in [0.15, 0.2) is 0 Å². The number of hydrogen-bond acceptors (Lipinski definition) is 3. The van der Waals surface area contributed by atoms with E-state index < -0.39 is 8.72 Å². The van der Waals surface area contributed by atoms with Gasteiger partial charge in [0.1, 0.15) is 0 Å². The monoisotopic (exact) mass is 261 g/mol. The summed E-state index contributed by atoms with van der Waals surface area (Å²) >= 11 is 0. The molecule has 0 heterocycles. The maximum atomic E-state index is 6.19. The van der Waals surface area contributed by atoms with Gasteiger partial charge < -0.3 is 8.85 Å². The number of hydrogen-bond donors (Lipinski definition) is 1. The second-order valence-corrected chi connectivity index (χ2v) is 9.01. The lowest BCUT2D eigenvalue weighted by Gasteiger charge is -2.34. The Morgan fingerprint density at radius 3 is 2.06 bits per heavy atom. The fourth-order valence-electron chi connectivity index (χ4n) is 1.71. The van der Waals surface area contributed by atoms with E-state index in [0.29, 0.717) is 5.92 Å². The summed E-state index contributed by atoms with van der Waals surface area (Å²) in [7, 11) is -2.22. The van der Waals surface area contributed by atoms with Crippen molar-refractivity contribution in [3.05, 3.63) is 0 Å². The van der Waals surface area contributed by atoms with Gasteiger partial charge in [-0.1, -0.05) is 41.5 Å². The Morgan fingerprint density at radius 1 is 1.12 bits per heavy atom. The van der Waals surface area contributed by atoms with E-state index in [2.05, 4.69) is 46.5 Å². The quantitative estimate of drug-likeness (QED) is 0.680. The number of nitrogens with one attached hydrogen (secondary N) is 1. The third-order valence-electron chi connectivity index (χ3n) is 2.24. The van der Waals surface area contributed by atoms with Gasteiger partial charge >= 0.3 is 8.72 Å². The molecule has 104 valence electrons. The molecule has 3 nitrogen and oxygen atoms in total. The minimum Gasteiger partial charge on any atom is -0.383 e. The Balaban J connectivity index is 4.63. The van der Waals surface area contributed by atoms with Crippen LogP contribution >= 0.6 is 0 Å². The van der Waals surface area contributed by atoms with Gasteiger partial charge in [-0.05, 0) is 24.8 Å². The molecule has 0 spiro atoms. The molecular formula is C13H31NO2Si. The Bertz CT molecular complexity index is 196. The SMILES string of the molecule is CCN[Si](CC(C)C)(OCC)OCC(C)(C)C. The first kappa shape index (κ1) is 17.1. The van der Waals surface area contributed by atoms with Crippen LogP contribution in [0.3, 0.4) is 0 Å². The van der Waals surface area contributed by atoms with Crippen LogP contribution in [0.1, 0.15) is 48.5 Å². The first-order valence-corrected chi connectivity index (χ1v) is 8.80. The molecule has 0 fully saturated rings. The van der Waals surface area contributed by atoms with Gasteiger partial charge in [0, 0.05) is 19.3 Å². The van der Waals surface area contributed by atoms with Gasteiger partial charge in [0.05, 0.1) is 0 Å². The van der Waals surface area contributed by atoms with Crippen LogP contribution in [-0.2, 0) is 8.85 Å². The van der Waals surface area contributed by atoms with Gasteiger partial charge in [0.15, 0.2) is 0 Å². The molecule has 0 saturated carbocycles. The van der Waals surface area contributed by atoms with E-state index in [1.54, 1.807) is 0 Å². The zero-order chi connectivity index (χ0) is 13.5. The van der Waals surface area contributed by atoms with Gasteiger partial charge in [0.25, 0.3) is 0 Å². The molecule has 0 rings (SSSR count). The third-order valence-corrected chi connectivity index (χ3v) is 5.85. The van der Waals surface area contributed by atoms with E-state index in [1.807, 2.05) is 6.92 Å². The second kappa shape index (κ2) is 7.51. The first-order valence-electron chi connectivity index (χ1n) is 6.77. The summed E-state index contributed by atoms with van der Waals surface area (Å²) in [5, 5.41) is 0. The topological polar surface area (TPSA) is 30.5 Å². The molecule has 0 radical (unpaired) electrons. The van der Waals surface area contributed by atoms with Gasteiger partial charge in [-0.25, -0.2) is 0 Å². The molecule has 0 bridgehead atoms. The van der Waals surface area contributed by atoms with Crippen molar-refractivity contribution >= 4 is 8.72 Å². The van der Waals surface area contributed by atoms with Gasteiger partial charge in [-0.15, -0.1) is 0 Å². The molecule has 0 aromatic carbocycles. The lowest BCUT2D eigenvalue weighted by Crippen LogP contribution is -2.57. The summed E-state index contributed by atoms with van der Waals surface area (Å²) in [5.74, 6) is 0.590. The summed E-state index contributed by atoms with van der Waals surface area (Å²) in [6, 6.07) is 1.00. The van der Waals surface area contributed by atoms with Crippen LogP contribution < -0.4 is 4.98 Å². The standard InChI is InChI=1S/C13H31NO2Si/c1-8-14-17(15-9-2,10-12(3)4)16-11-13(5,6)7/h12,14H,8-11H2,1-7H3. The van der Waals surface area contributed by atoms with Crippen molar-refractivity contribution in [3.8, 4) is 0 Å². The first-order chi connectivity index (χ1) is 7.74. The van der Waals surface area contributed by atoms with Gasteiger partial charge in [-0.3, -0.25) is 4.98 Å². The van der Waals surface area contributed by atoms with E-state index in [9.17, 15) is 0 Å². The summed E-state index contributed by atoms with van der Waals surface area (Å²) in [5.41, 5.74) is 0.182. The minimum absolute atomic E-state index is 0.182. The molecular weight excluding hydrogens is 230 g/mol. The van der Waals surface area contributed by atoms with Crippen LogP contribution in [0.25, 0.3) is 0 Å². The van der Waals surface area contributed by atoms with E-state index in [1.165, 1.54) is 0 Å². The molecule has 0 saturated heterocycles. The van der Waals surface area contributed by atoms with Crippen molar-refractivity contribution in [2.75, 3.05) is 19.8 Å². The van der Waals surface area contributed by atoms with Crippen molar-refractivity contribution in [1.82, 2.24) is 4.98 Å². The molecule has 4 heteroatoms. The maximum absolute atomic E-state index is 6.19. The highest BCUT2D eigenvalue weighted by Crippen LogP contribution is 2.21. The Morgan fingerprint density at radius 2 is 1.71 bits per heavy atom. The van der Waals surface area contributed by atoms with E-state index >= 15 is 0 Å². The predicted molar refractivity (Wildman–Crippen MR) is 76.1 cm³/mol. The third kappa shape index (κ3) is 7.92. The molecule has 1 atom stereocenters. The van der Waals surface area contributed by atoms with Gasteiger partial charge in [0.2, 0.25) is 0 Å².